The second-order valence-electron chi connectivity index (χ2n) is 6.54. The van der Waals surface area contributed by atoms with Gasteiger partial charge in [-0.3, -0.25) is 9.10 Å². The second kappa shape index (κ2) is 5.57. The smallest absolute Gasteiger partial charge is 0.251 e. The molecule has 1 aromatic carbocycles. The van der Waals surface area contributed by atoms with E-state index in [0.717, 1.165) is 18.6 Å². The summed E-state index contributed by atoms with van der Waals surface area (Å²) >= 11 is 0. The van der Waals surface area contributed by atoms with Crippen molar-refractivity contribution in [3.8, 4) is 0 Å². The van der Waals surface area contributed by atoms with Gasteiger partial charge in [0.05, 0.1) is 11.9 Å². The molecule has 2 aliphatic carbocycles. The fourth-order valence-electron chi connectivity index (χ4n) is 3.71. The Morgan fingerprint density at radius 1 is 1.27 bits per heavy atom. The van der Waals surface area contributed by atoms with E-state index in [1.807, 2.05) is 0 Å². The highest BCUT2D eigenvalue weighted by atomic mass is 32.2. The molecule has 5 nitrogen and oxygen atoms in total. The predicted octanol–water partition coefficient (Wildman–Crippen LogP) is 2.00. The minimum atomic E-state index is -3.33. The van der Waals surface area contributed by atoms with Gasteiger partial charge in [-0.25, -0.2) is 8.42 Å². The molecule has 0 spiro atoms. The SMILES string of the molecule is CN(c1cccc(C(=O)N[C@H]2C[C@H]3CC[C@H]2C3)c1)S(C)(=O)=O. The average molecular weight is 322 g/mol. The van der Waals surface area contributed by atoms with Crippen molar-refractivity contribution in [3.63, 3.8) is 0 Å². The van der Waals surface area contributed by atoms with Crippen molar-refractivity contribution in [3.05, 3.63) is 29.8 Å². The molecule has 0 unspecified atom stereocenters. The Hall–Kier alpha value is -1.56. The molecule has 1 aromatic rings. The summed E-state index contributed by atoms with van der Waals surface area (Å²) < 4.78 is 24.4. The normalized spacial score (nSPS) is 26.9. The number of nitrogens with zero attached hydrogens (tertiary/aromatic N) is 1. The van der Waals surface area contributed by atoms with Crippen molar-refractivity contribution in [1.29, 1.82) is 0 Å². The van der Waals surface area contributed by atoms with E-state index in [0.29, 0.717) is 17.2 Å². The zero-order valence-electron chi connectivity index (χ0n) is 13.0. The van der Waals surface area contributed by atoms with Crippen molar-refractivity contribution >= 4 is 21.6 Å². The lowest BCUT2D eigenvalue weighted by Crippen LogP contribution is -2.38. The zero-order chi connectivity index (χ0) is 15.9. The van der Waals surface area contributed by atoms with Crippen molar-refractivity contribution in [2.24, 2.45) is 11.8 Å². The Labute approximate surface area is 131 Å². The van der Waals surface area contributed by atoms with Crippen molar-refractivity contribution in [1.82, 2.24) is 5.32 Å². The van der Waals surface area contributed by atoms with Crippen molar-refractivity contribution in [2.45, 2.75) is 31.7 Å². The van der Waals surface area contributed by atoms with Crippen LogP contribution in [0.4, 0.5) is 5.69 Å². The number of benzene rings is 1. The van der Waals surface area contributed by atoms with Crippen molar-refractivity contribution < 1.29 is 13.2 Å². The van der Waals surface area contributed by atoms with Crippen LogP contribution in [0.2, 0.25) is 0 Å². The van der Waals surface area contributed by atoms with Crippen LogP contribution < -0.4 is 9.62 Å². The summed E-state index contributed by atoms with van der Waals surface area (Å²) in [5.74, 6) is 1.29. The number of amides is 1. The molecule has 0 aromatic heterocycles. The number of hydrogen-bond donors (Lipinski definition) is 1. The third kappa shape index (κ3) is 2.97. The number of fused-ring (bicyclic) bond motifs is 2. The third-order valence-electron chi connectivity index (χ3n) is 5.02. The van der Waals surface area contributed by atoms with Gasteiger partial charge in [0.15, 0.2) is 0 Å². The number of nitrogens with one attached hydrogen (secondary N) is 1. The van der Waals surface area contributed by atoms with E-state index in [1.165, 1.54) is 30.6 Å². The summed E-state index contributed by atoms with van der Waals surface area (Å²) in [5, 5.41) is 3.12. The fourth-order valence-corrected chi connectivity index (χ4v) is 4.20. The van der Waals surface area contributed by atoms with Crippen LogP contribution in [0.25, 0.3) is 0 Å². The molecular weight excluding hydrogens is 300 g/mol. The maximum atomic E-state index is 12.4. The molecule has 2 saturated carbocycles. The largest absolute Gasteiger partial charge is 0.349 e. The lowest BCUT2D eigenvalue weighted by Gasteiger charge is -2.23. The molecule has 2 aliphatic rings. The summed E-state index contributed by atoms with van der Waals surface area (Å²) in [6.07, 6.45) is 5.98. The maximum Gasteiger partial charge on any atom is 0.251 e. The number of anilines is 1. The molecule has 120 valence electrons. The monoisotopic (exact) mass is 322 g/mol. The van der Waals surface area contributed by atoms with Gasteiger partial charge in [0.1, 0.15) is 0 Å². The molecule has 1 amide bonds. The van der Waals surface area contributed by atoms with Crippen molar-refractivity contribution in [2.75, 3.05) is 17.6 Å². The highest BCUT2D eigenvalue weighted by Crippen LogP contribution is 2.44. The minimum absolute atomic E-state index is 0.110. The van der Waals surface area contributed by atoms with Gasteiger partial charge in [-0.2, -0.15) is 0 Å². The number of hydrogen-bond acceptors (Lipinski definition) is 3. The highest BCUT2D eigenvalue weighted by Gasteiger charge is 2.40. The van der Waals surface area contributed by atoms with E-state index < -0.39 is 10.0 Å². The molecule has 0 heterocycles. The van der Waals surface area contributed by atoms with Gasteiger partial charge in [-0.05, 0) is 49.3 Å². The summed E-state index contributed by atoms with van der Waals surface area (Å²) in [5.41, 5.74) is 1.01. The standard InChI is InChI=1S/C16H22N2O3S/c1-18(22(2,20)21)14-5-3-4-13(10-14)16(19)17-15-9-11-6-7-12(15)8-11/h3-5,10-12,15H,6-9H2,1-2H3,(H,17,19)/t11-,12-,15-/m0/s1. The second-order valence-corrected chi connectivity index (χ2v) is 8.55. The van der Waals surface area contributed by atoms with E-state index in [-0.39, 0.29) is 11.9 Å². The van der Waals surface area contributed by atoms with Crippen LogP contribution in [0.5, 0.6) is 0 Å². The maximum absolute atomic E-state index is 12.4. The van der Waals surface area contributed by atoms with Crippen LogP contribution in [0, 0.1) is 11.8 Å². The van der Waals surface area contributed by atoms with Gasteiger partial charge >= 0.3 is 0 Å². The number of carbonyl (C=O) groups is 1. The van der Waals surface area contributed by atoms with E-state index in [1.54, 1.807) is 24.3 Å². The third-order valence-corrected chi connectivity index (χ3v) is 6.23. The lowest BCUT2D eigenvalue weighted by molar-refractivity contribution is 0.0923. The first-order valence-electron chi connectivity index (χ1n) is 7.69. The molecule has 0 saturated heterocycles. The van der Waals surface area contributed by atoms with Crippen LogP contribution in [0.1, 0.15) is 36.0 Å². The quantitative estimate of drug-likeness (QED) is 0.922. The first-order valence-corrected chi connectivity index (χ1v) is 9.54. The summed E-state index contributed by atoms with van der Waals surface area (Å²) in [6.45, 7) is 0. The summed E-state index contributed by atoms with van der Waals surface area (Å²) in [7, 11) is -1.84. The minimum Gasteiger partial charge on any atom is -0.349 e. The van der Waals surface area contributed by atoms with Gasteiger partial charge < -0.3 is 5.32 Å². The highest BCUT2D eigenvalue weighted by molar-refractivity contribution is 7.92. The van der Waals surface area contributed by atoms with Gasteiger partial charge in [0.25, 0.3) is 5.91 Å². The Morgan fingerprint density at radius 2 is 2.05 bits per heavy atom. The van der Waals surface area contributed by atoms with E-state index in [2.05, 4.69) is 5.32 Å². The van der Waals surface area contributed by atoms with Gasteiger partial charge in [-0.1, -0.05) is 12.5 Å². The summed E-state index contributed by atoms with van der Waals surface area (Å²) in [6, 6.07) is 7.04. The topological polar surface area (TPSA) is 66.5 Å². The molecule has 0 radical (unpaired) electrons. The first-order chi connectivity index (χ1) is 10.3. The molecule has 2 bridgehead atoms. The molecule has 3 atom stereocenters. The Bertz CT molecular complexity index is 686. The van der Waals surface area contributed by atoms with Gasteiger partial charge in [0, 0.05) is 18.7 Å². The fraction of sp³-hybridized carbons (Fsp3) is 0.562. The van der Waals surface area contributed by atoms with Crippen LogP contribution in [-0.4, -0.2) is 33.7 Å². The average Bonchev–Trinajstić information content (AvgIpc) is 3.08. The zero-order valence-corrected chi connectivity index (χ0v) is 13.8. The first kappa shape index (κ1) is 15.3. The number of rotatable bonds is 4. The predicted molar refractivity (Wildman–Crippen MR) is 86.4 cm³/mol. The molecule has 3 rings (SSSR count). The molecule has 6 heteroatoms. The van der Waals surface area contributed by atoms with Gasteiger partial charge in [0.2, 0.25) is 10.0 Å². The number of sulfonamides is 1. The van der Waals surface area contributed by atoms with Crippen LogP contribution in [-0.2, 0) is 10.0 Å². The van der Waals surface area contributed by atoms with E-state index in [4.69, 9.17) is 0 Å². The van der Waals surface area contributed by atoms with E-state index >= 15 is 0 Å². The Kier molecular flexibility index (Phi) is 3.89. The van der Waals surface area contributed by atoms with Crippen LogP contribution in [0.3, 0.4) is 0 Å². The summed E-state index contributed by atoms with van der Waals surface area (Å²) in [4.78, 5) is 12.4. The molecule has 0 aliphatic heterocycles. The molecule has 22 heavy (non-hydrogen) atoms. The van der Waals surface area contributed by atoms with Crippen LogP contribution in [0.15, 0.2) is 24.3 Å². The molecule has 1 N–H and O–H groups in total. The van der Waals surface area contributed by atoms with Crippen LogP contribution >= 0.6 is 0 Å². The Morgan fingerprint density at radius 3 is 2.64 bits per heavy atom. The molecule has 2 fully saturated rings. The van der Waals surface area contributed by atoms with E-state index in [9.17, 15) is 13.2 Å². The number of carbonyl (C=O) groups excluding carboxylic acids is 1. The molecular formula is C16H22N2O3S. The Balaban J connectivity index is 1.73. The van der Waals surface area contributed by atoms with Gasteiger partial charge in [-0.15, -0.1) is 0 Å². The lowest BCUT2D eigenvalue weighted by atomic mass is 9.95.